The third kappa shape index (κ3) is 6.02. The first-order valence-corrected chi connectivity index (χ1v) is 11.2. The van der Waals surface area contributed by atoms with Gasteiger partial charge < -0.3 is 16.4 Å². The Morgan fingerprint density at radius 3 is 2.13 bits per heavy atom. The summed E-state index contributed by atoms with van der Waals surface area (Å²) in [5.74, 6) is -0.0936. The molecule has 1 aromatic heterocycles. The van der Waals surface area contributed by atoms with Crippen LogP contribution in [0.1, 0.15) is 16.7 Å². The molecule has 0 fully saturated rings. The molecule has 13 heteroatoms. The zero-order valence-electron chi connectivity index (χ0n) is 19.2. The molecule has 0 spiro atoms. The van der Waals surface area contributed by atoms with Crippen molar-refractivity contribution in [2.75, 3.05) is 11.1 Å². The van der Waals surface area contributed by atoms with Gasteiger partial charge in [0.25, 0.3) is 0 Å². The number of nitrogens with two attached hydrogens (primary N) is 1. The first-order valence-electron chi connectivity index (χ1n) is 10.9. The maximum atomic E-state index is 13.0. The van der Waals surface area contributed by atoms with Crippen LogP contribution in [0, 0.1) is 0 Å². The molecule has 0 aliphatic heterocycles. The first kappa shape index (κ1) is 26.9. The van der Waals surface area contributed by atoms with Crippen LogP contribution in [0.15, 0.2) is 72.8 Å². The summed E-state index contributed by atoms with van der Waals surface area (Å²) in [7, 11) is 0. The minimum atomic E-state index is -4.53. The lowest BCUT2D eigenvalue weighted by molar-refractivity contribution is -0.138. The van der Waals surface area contributed by atoms with Crippen LogP contribution >= 0.6 is 11.6 Å². The van der Waals surface area contributed by atoms with Crippen LogP contribution in [-0.4, -0.2) is 15.8 Å². The van der Waals surface area contributed by atoms with Gasteiger partial charge in [-0.1, -0.05) is 35.9 Å². The van der Waals surface area contributed by atoms with E-state index in [9.17, 15) is 31.1 Å². The Labute approximate surface area is 217 Å². The van der Waals surface area contributed by atoms with Gasteiger partial charge >= 0.3 is 18.4 Å². The molecule has 0 saturated carbocycles. The van der Waals surface area contributed by atoms with Crippen LogP contribution < -0.4 is 16.4 Å². The fraction of sp³-hybridized carbons (Fsp3) is 0.120. The number of nitrogens with zero attached hydrogens (tertiary/aromatic N) is 2. The van der Waals surface area contributed by atoms with E-state index in [2.05, 4.69) is 15.7 Å². The van der Waals surface area contributed by atoms with Gasteiger partial charge in [-0.25, -0.2) is 9.48 Å². The lowest BCUT2D eigenvalue weighted by Crippen LogP contribution is -2.28. The normalized spacial score (nSPS) is 11.9. The molecule has 38 heavy (non-hydrogen) atoms. The Morgan fingerprint density at radius 1 is 0.895 bits per heavy atom. The van der Waals surface area contributed by atoms with Crippen molar-refractivity contribution in [3.63, 3.8) is 0 Å². The fourth-order valence-corrected chi connectivity index (χ4v) is 3.68. The number of carbonyl (C=O) groups excluding carboxylic acids is 1. The number of benzene rings is 3. The zero-order valence-corrected chi connectivity index (χ0v) is 19.9. The van der Waals surface area contributed by atoms with Crippen molar-refractivity contribution in [3.05, 3.63) is 94.5 Å². The second-order valence-corrected chi connectivity index (χ2v) is 8.51. The topological polar surface area (TPSA) is 85.0 Å². The monoisotopic (exact) mass is 553 g/mol. The van der Waals surface area contributed by atoms with Gasteiger partial charge in [-0.15, -0.1) is 0 Å². The minimum absolute atomic E-state index is 0.0359. The summed E-state index contributed by atoms with van der Waals surface area (Å²) in [4.78, 5) is 12.7. The lowest BCUT2D eigenvalue weighted by atomic mass is 10.1. The number of rotatable bonds is 5. The van der Waals surface area contributed by atoms with Crippen LogP contribution in [0.2, 0.25) is 5.02 Å². The van der Waals surface area contributed by atoms with Gasteiger partial charge in [0.05, 0.1) is 16.8 Å². The number of anilines is 2. The van der Waals surface area contributed by atoms with Crippen LogP contribution in [0.25, 0.3) is 16.9 Å². The molecule has 0 radical (unpaired) electrons. The van der Waals surface area contributed by atoms with Crippen molar-refractivity contribution in [1.82, 2.24) is 15.1 Å². The predicted molar refractivity (Wildman–Crippen MR) is 131 cm³/mol. The number of alkyl halides is 6. The van der Waals surface area contributed by atoms with Gasteiger partial charge in [0.1, 0.15) is 11.4 Å². The van der Waals surface area contributed by atoms with Crippen LogP contribution in [-0.2, 0) is 18.9 Å². The molecule has 0 atom stereocenters. The van der Waals surface area contributed by atoms with Gasteiger partial charge in [-0.3, -0.25) is 0 Å². The standard InChI is InChI=1S/C25H18ClF6N5O/c26-18-8-4-15(5-9-18)20-21(22(33)37(36-20)19-10-6-16(7-11-19)24(27,28)29)35-23(38)34-13-14-2-1-3-17(12-14)25(30,31)32/h1-12H,13,33H2,(H2,34,35,38). The van der Waals surface area contributed by atoms with Gasteiger partial charge in [-0.2, -0.15) is 31.4 Å². The number of carbonyl (C=O) groups is 1. The van der Waals surface area contributed by atoms with E-state index in [-0.39, 0.29) is 35.0 Å². The van der Waals surface area contributed by atoms with Crippen LogP contribution in [0.3, 0.4) is 0 Å². The highest BCUT2D eigenvalue weighted by Crippen LogP contribution is 2.36. The van der Waals surface area contributed by atoms with Gasteiger partial charge in [0, 0.05) is 17.1 Å². The second-order valence-electron chi connectivity index (χ2n) is 8.08. The number of amides is 2. The van der Waals surface area contributed by atoms with Gasteiger partial charge in [0.15, 0.2) is 5.82 Å². The number of urea groups is 1. The molecule has 1 heterocycles. The van der Waals surface area contributed by atoms with Crippen molar-refractivity contribution in [2.45, 2.75) is 18.9 Å². The van der Waals surface area contributed by atoms with E-state index in [0.717, 1.165) is 28.9 Å². The molecule has 2 amide bonds. The maximum absolute atomic E-state index is 13.0. The summed E-state index contributed by atoms with van der Waals surface area (Å²) in [6.07, 6.45) is -9.07. The number of halogens is 7. The van der Waals surface area contributed by atoms with E-state index in [0.29, 0.717) is 10.6 Å². The summed E-state index contributed by atoms with van der Waals surface area (Å²) < 4.78 is 79.0. The Hall–Kier alpha value is -4.19. The van der Waals surface area contributed by atoms with Crippen molar-refractivity contribution < 1.29 is 31.1 Å². The van der Waals surface area contributed by atoms with E-state index >= 15 is 0 Å². The molecule has 4 N–H and O–H groups in total. The fourth-order valence-electron chi connectivity index (χ4n) is 3.55. The molecule has 4 aromatic rings. The second kappa shape index (κ2) is 10.3. The maximum Gasteiger partial charge on any atom is 0.416 e. The van der Waals surface area contributed by atoms with Crippen LogP contribution in [0.5, 0.6) is 0 Å². The minimum Gasteiger partial charge on any atom is -0.382 e. The third-order valence-electron chi connectivity index (χ3n) is 5.42. The Kier molecular flexibility index (Phi) is 7.27. The predicted octanol–water partition coefficient (Wildman–Crippen LogP) is 7.13. The molecule has 0 unspecified atom stereocenters. The number of hydrogen-bond donors (Lipinski definition) is 3. The Morgan fingerprint density at radius 2 is 1.53 bits per heavy atom. The molecular formula is C25H18ClF6N5O. The third-order valence-corrected chi connectivity index (χ3v) is 5.68. The molecule has 0 aliphatic carbocycles. The van der Waals surface area contributed by atoms with Crippen molar-refractivity contribution in [3.8, 4) is 16.9 Å². The first-order chi connectivity index (χ1) is 17.8. The molecule has 0 bridgehead atoms. The Bertz CT molecular complexity index is 1450. The van der Waals surface area contributed by atoms with Gasteiger partial charge in [0.2, 0.25) is 0 Å². The quantitative estimate of drug-likeness (QED) is 0.230. The molecule has 3 aromatic carbocycles. The SMILES string of the molecule is Nc1c(NC(=O)NCc2cccc(C(F)(F)F)c2)c(-c2ccc(Cl)cc2)nn1-c1ccc(C(F)(F)F)cc1. The summed E-state index contributed by atoms with van der Waals surface area (Å²) >= 11 is 5.95. The Balaban J connectivity index is 1.62. The van der Waals surface area contributed by atoms with E-state index in [4.69, 9.17) is 17.3 Å². The molecule has 0 aliphatic rings. The number of nitrogen functional groups attached to an aromatic ring is 1. The highest BCUT2D eigenvalue weighted by molar-refractivity contribution is 6.30. The molecule has 198 valence electrons. The summed E-state index contributed by atoms with van der Waals surface area (Å²) in [5.41, 5.74) is 5.63. The number of nitrogens with one attached hydrogen (secondary N) is 2. The average Bonchev–Trinajstić information content (AvgIpc) is 3.18. The van der Waals surface area contributed by atoms with E-state index in [1.54, 1.807) is 24.3 Å². The highest BCUT2D eigenvalue weighted by Gasteiger charge is 2.31. The molecule has 6 nitrogen and oxygen atoms in total. The summed E-state index contributed by atoms with van der Waals surface area (Å²) in [5, 5.41) is 9.81. The highest BCUT2D eigenvalue weighted by atomic mass is 35.5. The summed E-state index contributed by atoms with van der Waals surface area (Å²) in [6, 6.07) is 14.1. The largest absolute Gasteiger partial charge is 0.416 e. The van der Waals surface area contributed by atoms with Crippen LogP contribution in [0.4, 0.5) is 42.6 Å². The van der Waals surface area contributed by atoms with E-state index in [1.165, 1.54) is 24.3 Å². The summed E-state index contributed by atoms with van der Waals surface area (Å²) in [6.45, 7) is -0.223. The average molecular weight is 554 g/mol. The lowest BCUT2D eigenvalue weighted by Gasteiger charge is -2.11. The van der Waals surface area contributed by atoms with Crippen molar-refractivity contribution in [2.24, 2.45) is 0 Å². The zero-order chi connectivity index (χ0) is 27.7. The molecule has 0 saturated heterocycles. The van der Waals surface area contributed by atoms with Crippen molar-refractivity contribution in [1.29, 1.82) is 0 Å². The van der Waals surface area contributed by atoms with Crippen molar-refractivity contribution >= 4 is 29.1 Å². The van der Waals surface area contributed by atoms with E-state index < -0.39 is 29.5 Å². The van der Waals surface area contributed by atoms with Gasteiger partial charge in [-0.05, 0) is 54.1 Å². The molecular weight excluding hydrogens is 536 g/mol. The number of hydrogen-bond acceptors (Lipinski definition) is 3. The smallest absolute Gasteiger partial charge is 0.382 e. The molecule has 4 rings (SSSR count). The van der Waals surface area contributed by atoms with E-state index in [1.807, 2.05) is 0 Å². The number of aromatic nitrogens is 2.